The zero-order valence-corrected chi connectivity index (χ0v) is 18.6. The number of halogens is 1. The zero-order valence-electron chi connectivity index (χ0n) is 16.4. The van der Waals surface area contributed by atoms with Crippen LogP contribution in [0.5, 0.6) is 11.5 Å². The second-order valence-electron chi connectivity index (χ2n) is 6.64. The molecular formula is C24H15IO7. The van der Waals surface area contributed by atoms with Gasteiger partial charge in [-0.25, -0.2) is 9.59 Å². The molecule has 0 unspecified atom stereocenters. The molecule has 4 aromatic rings. The minimum Gasteiger partial charge on any atom is -0.457 e. The number of ketones is 1. The summed E-state index contributed by atoms with van der Waals surface area (Å²) < 4.78 is 27.5. The highest BCUT2D eigenvalue weighted by atomic mass is 127. The molecule has 0 spiro atoms. The normalized spacial score (nSPS) is 10.6. The van der Waals surface area contributed by atoms with Crippen LogP contribution < -0.4 is 10.4 Å². The number of esters is 1. The number of carbonyl (C=O) groups is 2. The van der Waals surface area contributed by atoms with Gasteiger partial charge in [-0.3, -0.25) is 7.86 Å². The van der Waals surface area contributed by atoms with Crippen LogP contribution in [0.1, 0.15) is 20.7 Å². The maximum atomic E-state index is 12.4. The molecule has 0 amide bonds. The minimum atomic E-state index is -1.21. The first kappa shape index (κ1) is 21.6. The Kier molecular flexibility index (Phi) is 6.50. The summed E-state index contributed by atoms with van der Waals surface area (Å²) in [5.41, 5.74) is -0.421. The first-order valence-electron chi connectivity index (χ1n) is 9.42. The van der Waals surface area contributed by atoms with E-state index in [1.165, 1.54) is 6.07 Å². The Morgan fingerprint density at radius 3 is 2.22 bits per heavy atom. The monoisotopic (exact) mass is 542 g/mol. The van der Waals surface area contributed by atoms with E-state index in [9.17, 15) is 17.5 Å². The fourth-order valence-electron chi connectivity index (χ4n) is 2.90. The van der Waals surface area contributed by atoms with Crippen LogP contribution in [-0.2, 0) is 7.81 Å². The Morgan fingerprint density at radius 2 is 1.53 bits per heavy atom. The molecule has 0 atom stereocenters. The van der Waals surface area contributed by atoms with E-state index < -0.39 is 45.2 Å². The van der Waals surface area contributed by atoms with Crippen LogP contribution in [0.25, 0.3) is 11.0 Å². The van der Waals surface area contributed by atoms with Crippen LogP contribution in [0.4, 0.5) is 0 Å². The third-order valence-corrected chi connectivity index (χ3v) is 5.74. The van der Waals surface area contributed by atoms with Crippen molar-refractivity contribution < 1.29 is 26.5 Å². The molecule has 0 aliphatic carbocycles. The van der Waals surface area contributed by atoms with Crippen molar-refractivity contribution in [2.75, 3.05) is 6.61 Å². The molecular weight excluding hydrogens is 527 g/mol. The number of ether oxygens (including phenoxy) is 2. The van der Waals surface area contributed by atoms with Crippen molar-refractivity contribution >= 4 is 43.9 Å². The van der Waals surface area contributed by atoms with Crippen LogP contribution >= 0.6 is 21.2 Å². The average Bonchev–Trinajstić information content (AvgIpc) is 2.83. The molecule has 0 aliphatic rings. The van der Waals surface area contributed by atoms with Gasteiger partial charge in [0.1, 0.15) is 22.6 Å². The summed E-state index contributed by atoms with van der Waals surface area (Å²) in [6.45, 7) is -0.523. The molecule has 0 bridgehead atoms. The number of Topliss-reactive ketones (excluding diaryl/α,β-unsaturated/α-hetero) is 1. The van der Waals surface area contributed by atoms with E-state index in [1.807, 2.05) is 0 Å². The number of rotatable bonds is 7. The van der Waals surface area contributed by atoms with Gasteiger partial charge in [0.2, 0.25) is 0 Å². The molecule has 160 valence electrons. The summed E-state index contributed by atoms with van der Waals surface area (Å²) in [4.78, 5) is 36.7. The summed E-state index contributed by atoms with van der Waals surface area (Å²) in [5.74, 6) is -0.272. The first-order valence-corrected chi connectivity index (χ1v) is 11.4. The Balaban J connectivity index is 1.38. The second-order valence-corrected chi connectivity index (χ2v) is 8.33. The number of carbonyl (C=O) groups excluding carboxylic acids is 2. The van der Waals surface area contributed by atoms with E-state index in [4.69, 9.17) is 13.9 Å². The lowest BCUT2D eigenvalue weighted by Gasteiger charge is -2.07. The van der Waals surface area contributed by atoms with Gasteiger partial charge in [0.15, 0.2) is 33.6 Å². The SMILES string of the molecule is O=Ic1ccc(Oc2ccc(C(=O)COC(=O)c3cc4ccccc4oc3=O)cc2)cc1. The van der Waals surface area contributed by atoms with Crippen LogP contribution in [0.15, 0.2) is 88.1 Å². The lowest BCUT2D eigenvalue weighted by atomic mass is 10.1. The summed E-state index contributed by atoms with van der Waals surface area (Å²) in [6, 6.07) is 21.4. The standard InChI is InChI=1S/C24H15IO7/c26-21(14-30-23(27)20-13-16-3-1-2-4-22(16)32-24(20)28)15-5-9-18(10-6-15)31-19-11-7-17(25-29)8-12-19/h1-13H,14H2. The first-order chi connectivity index (χ1) is 15.5. The van der Waals surface area contributed by atoms with Crippen molar-refractivity contribution in [3.8, 4) is 11.5 Å². The van der Waals surface area contributed by atoms with Crippen LogP contribution in [0.3, 0.4) is 0 Å². The van der Waals surface area contributed by atoms with Gasteiger partial charge in [-0.05, 0) is 60.7 Å². The maximum absolute atomic E-state index is 12.4. The Morgan fingerprint density at radius 1 is 0.875 bits per heavy atom. The molecule has 4 rings (SSSR count). The molecule has 1 heterocycles. The third kappa shape index (κ3) is 4.97. The number of fused-ring (bicyclic) bond motifs is 1. The zero-order chi connectivity index (χ0) is 22.5. The van der Waals surface area contributed by atoms with E-state index in [2.05, 4.69) is 0 Å². The van der Waals surface area contributed by atoms with E-state index in [0.717, 1.165) is 3.57 Å². The second kappa shape index (κ2) is 9.65. The van der Waals surface area contributed by atoms with E-state index in [-0.39, 0.29) is 5.56 Å². The Hall–Kier alpha value is -3.66. The summed E-state index contributed by atoms with van der Waals surface area (Å²) in [6.07, 6.45) is 0. The molecule has 32 heavy (non-hydrogen) atoms. The van der Waals surface area contributed by atoms with Crippen LogP contribution in [0.2, 0.25) is 0 Å². The summed E-state index contributed by atoms with van der Waals surface area (Å²) in [5, 5.41) is 0.574. The topological polar surface area (TPSA) is 99.9 Å². The highest BCUT2D eigenvalue weighted by molar-refractivity contribution is 14.1. The van der Waals surface area contributed by atoms with Gasteiger partial charge in [-0.15, -0.1) is 0 Å². The molecule has 0 saturated heterocycles. The van der Waals surface area contributed by atoms with Crippen molar-refractivity contribution in [2.24, 2.45) is 0 Å². The minimum absolute atomic E-state index is 0.273. The lowest BCUT2D eigenvalue weighted by molar-refractivity contribution is 0.0470. The molecule has 0 N–H and O–H groups in total. The molecule has 3 aromatic carbocycles. The van der Waals surface area contributed by atoms with Crippen molar-refractivity contribution in [1.29, 1.82) is 0 Å². The summed E-state index contributed by atoms with van der Waals surface area (Å²) >= 11 is -1.21. The quantitative estimate of drug-likeness (QED) is 0.139. The fourth-order valence-corrected chi connectivity index (χ4v) is 3.55. The van der Waals surface area contributed by atoms with Crippen LogP contribution in [-0.4, -0.2) is 18.4 Å². The number of hydrogen-bond donors (Lipinski definition) is 0. The lowest BCUT2D eigenvalue weighted by Crippen LogP contribution is -2.20. The average molecular weight is 542 g/mol. The van der Waals surface area contributed by atoms with Gasteiger partial charge < -0.3 is 13.9 Å². The molecule has 0 radical (unpaired) electrons. The van der Waals surface area contributed by atoms with Crippen molar-refractivity contribution in [2.45, 2.75) is 0 Å². The summed E-state index contributed by atoms with van der Waals surface area (Å²) in [7, 11) is 0. The highest BCUT2D eigenvalue weighted by Crippen LogP contribution is 2.23. The van der Waals surface area contributed by atoms with E-state index in [0.29, 0.717) is 28.0 Å². The van der Waals surface area contributed by atoms with E-state index >= 15 is 0 Å². The molecule has 7 nitrogen and oxygen atoms in total. The van der Waals surface area contributed by atoms with Crippen molar-refractivity contribution in [3.63, 3.8) is 0 Å². The molecule has 0 aliphatic heterocycles. The fraction of sp³-hybridized carbons (Fsp3) is 0.0417. The third-order valence-electron chi connectivity index (χ3n) is 4.51. The number of hydrogen-bond acceptors (Lipinski definition) is 7. The van der Waals surface area contributed by atoms with Gasteiger partial charge in [-0.1, -0.05) is 18.2 Å². The van der Waals surface area contributed by atoms with Crippen LogP contribution in [0, 0.1) is 3.57 Å². The van der Waals surface area contributed by atoms with Crippen molar-refractivity contribution in [3.05, 3.63) is 104 Å². The van der Waals surface area contributed by atoms with Crippen molar-refractivity contribution in [1.82, 2.24) is 0 Å². The smallest absolute Gasteiger partial charge is 0.351 e. The Labute approximate surface area is 192 Å². The molecule has 1 aromatic heterocycles. The predicted molar refractivity (Wildman–Crippen MR) is 123 cm³/mol. The molecule has 0 fully saturated rings. The number of benzene rings is 3. The highest BCUT2D eigenvalue weighted by Gasteiger charge is 2.17. The van der Waals surface area contributed by atoms with Gasteiger partial charge in [-0.2, -0.15) is 0 Å². The maximum Gasteiger partial charge on any atom is 0.351 e. The molecule has 0 saturated carbocycles. The molecule has 8 heteroatoms. The van der Waals surface area contributed by atoms with Gasteiger partial charge in [0.05, 0.1) is 0 Å². The van der Waals surface area contributed by atoms with Gasteiger partial charge in [0, 0.05) is 14.5 Å². The number of para-hydroxylation sites is 1. The predicted octanol–water partition coefficient (Wildman–Crippen LogP) is 5.11. The van der Waals surface area contributed by atoms with E-state index in [1.54, 1.807) is 72.8 Å². The largest absolute Gasteiger partial charge is 0.457 e. The van der Waals surface area contributed by atoms with Gasteiger partial charge in [0.25, 0.3) is 0 Å². The van der Waals surface area contributed by atoms with Gasteiger partial charge >= 0.3 is 11.6 Å². The Bertz CT molecular complexity index is 1360.